The number of carbonyl (C=O) groups is 1. The highest BCUT2D eigenvalue weighted by atomic mass is 32.2. The van der Waals surface area contributed by atoms with Crippen LogP contribution in [0.3, 0.4) is 0 Å². The smallest absolute Gasteiger partial charge is 0.340 e. The Kier molecular flexibility index (Phi) is 9.23. The van der Waals surface area contributed by atoms with Crippen molar-refractivity contribution in [2.45, 2.75) is 53.1 Å². The van der Waals surface area contributed by atoms with Crippen molar-refractivity contribution in [3.05, 3.63) is 52.6 Å². The molecule has 0 unspecified atom stereocenters. The Morgan fingerprint density at radius 2 is 1.80 bits per heavy atom. The maximum atomic E-state index is 14.9. The second-order valence-electron chi connectivity index (χ2n) is 7.19. The van der Waals surface area contributed by atoms with Crippen LogP contribution in [0.5, 0.6) is 0 Å². The van der Waals surface area contributed by atoms with E-state index in [0.717, 1.165) is 5.69 Å². The Bertz CT molecular complexity index is 873. The third-order valence-electron chi connectivity index (χ3n) is 4.42. The van der Waals surface area contributed by atoms with E-state index < -0.39 is 11.8 Å². The molecule has 0 fully saturated rings. The fourth-order valence-corrected chi connectivity index (χ4v) is 3.46. The fourth-order valence-electron chi connectivity index (χ4n) is 3.20. The number of nitrogens with zero attached hydrogens (tertiary/aromatic N) is 1. The summed E-state index contributed by atoms with van der Waals surface area (Å²) in [7, 11) is 1.36. The molecule has 0 bridgehead atoms. The molecule has 8 heteroatoms. The lowest BCUT2D eigenvalue weighted by Gasteiger charge is -2.23. The van der Waals surface area contributed by atoms with Crippen molar-refractivity contribution >= 4 is 18.3 Å². The van der Waals surface area contributed by atoms with Gasteiger partial charge in [-0.05, 0) is 24.8 Å². The number of hydrogen-bond acceptors (Lipinski definition) is 7. The van der Waals surface area contributed by atoms with Crippen molar-refractivity contribution in [2.24, 2.45) is 0 Å². The molecule has 1 aromatic carbocycles. The number of halogens is 1. The molecule has 2 rings (SSSR count). The Hall–Kier alpha value is -2.00. The third-order valence-corrected chi connectivity index (χ3v) is 4.83. The van der Waals surface area contributed by atoms with E-state index in [-0.39, 0.29) is 30.6 Å². The van der Waals surface area contributed by atoms with Crippen LogP contribution in [0.4, 0.5) is 4.39 Å². The number of carbonyl (C=O) groups excluding carboxylic acids is 1. The summed E-state index contributed by atoms with van der Waals surface area (Å²) in [5.74, 6) is -1.05. The average molecular weight is 438 g/mol. The summed E-state index contributed by atoms with van der Waals surface area (Å²) < 4.78 is 30.5. The Morgan fingerprint density at radius 3 is 2.37 bits per heavy atom. The minimum absolute atomic E-state index is 0.0104. The van der Waals surface area contributed by atoms with Crippen LogP contribution in [0.1, 0.15) is 73.8 Å². The highest BCUT2D eigenvalue weighted by Crippen LogP contribution is 2.38. The van der Waals surface area contributed by atoms with Gasteiger partial charge in [0.2, 0.25) is 0 Å². The first-order valence-corrected chi connectivity index (χ1v) is 10.5. The van der Waals surface area contributed by atoms with E-state index in [2.05, 4.69) is 4.89 Å². The monoisotopic (exact) mass is 437 g/mol. The molecule has 0 saturated carbocycles. The topological polar surface area (TPSA) is 66.9 Å². The van der Waals surface area contributed by atoms with Gasteiger partial charge in [-0.2, -0.15) is 0 Å². The maximum absolute atomic E-state index is 14.9. The Labute approximate surface area is 181 Å². The number of benzene rings is 1. The summed E-state index contributed by atoms with van der Waals surface area (Å²) in [6.07, 6.45) is 0. The summed E-state index contributed by atoms with van der Waals surface area (Å²) in [6, 6.07) is 6.34. The lowest BCUT2D eigenvalue weighted by atomic mass is 9.87. The van der Waals surface area contributed by atoms with E-state index in [4.69, 9.17) is 18.2 Å². The summed E-state index contributed by atoms with van der Waals surface area (Å²) in [4.78, 5) is 22.3. The number of ether oxygens (including phenoxy) is 1. The minimum atomic E-state index is -0.538. The highest BCUT2D eigenvalue weighted by molar-refractivity contribution is 7.89. The summed E-state index contributed by atoms with van der Waals surface area (Å²) in [5.41, 5.74) is 2.89. The quantitative estimate of drug-likeness (QED) is 0.149. The van der Waals surface area contributed by atoms with E-state index in [0.29, 0.717) is 34.7 Å². The molecule has 164 valence electrons. The second kappa shape index (κ2) is 11.4. The van der Waals surface area contributed by atoms with Crippen LogP contribution in [0, 0.1) is 5.82 Å². The molecule has 0 spiro atoms. The molecule has 0 saturated heterocycles. The number of rotatable bonds is 10. The van der Waals surface area contributed by atoms with Crippen molar-refractivity contribution in [1.82, 2.24) is 4.98 Å². The first kappa shape index (κ1) is 24.3. The van der Waals surface area contributed by atoms with Crippen LogP contribution in [-0.2, 0) is 24.7 Å². The molecular formula is C22H28FNO5S. The molecule has 2 aromatic rings. The van der Waals surface area contributed by atoms with Gasteiger partial charge in [0.15, 0.2) is 12.3 Å². The molecular weight excluding hydrogens is 409 g/mol. The van der Waals surface area contributed by atoms with Crippen molar-refractivity contribution in [3.63, 3.8) is 0 Å². The number of aromatic nitrogens is 1. The predicted octanol–water partition coefficient (Wildman–Crippen LogP) is 5.97. The second-order valence-corrected chi connectivity index (χ2v) is 7.69. The standard InChI is InChI=1S/C22H28FNO5S/c1-7-27-22(25)19-18(15-10-8-9-11-17(15)23)16(12-28-30-29-26-6)20(13(2)3)24-21(19)14(4)5/h8-11,13-14H,7,12H2,1-6H3. The summed E-state index contributed by atoms with van der Waals surface area (Å²) in [5, 5.41) is 0. The van der Waals surface area contributed by atoms with E-state index in [1.807, 2.05) is 27.7 Å². The van der Waals surface area contributed by atoms with E-state index in [9.17, 15) is 9.18 Å². The SMILES string of the molecule is CCOC(=O)c1c(C(C)C)nc(C(C)C)c(COSOOC)c1-c1ccccc1F. The highest BCUT2D eigenvalue weighted by Gasteiger charge is 2.29. The van der Waals surface area contributed by atoms with Gasteiger partial charge in [0, 0.05) is 22.4 Å². The molecule has 0 aliphatic heterocycles. The molecule has 30 heavy (non-hydrogen) atoms. The molecule has 0 aliphatic carbocycles. The van der Waals surface area contributed by atoms with Gasteiger partial charge >= 0.3 is 5.97 Å². The first-order chi connectivity index (χ1) is 14.3. The lowest BCUT2D eigenvalue weighted by molar-refractivity contribution is -0.167. The van der Waals surface area contributed by atoms with Gasteiger partial charge < -0.3 is 4.74 Å². The maximum Gasteiger partial charge on any atom is 0.340 e. The first-order valence-electron chi connectivity index (χ1n) is 9.80. The molecule has 0 radical (unpaired) electrons. The Balaban J connectivity index is 2.87. The van der Waals surface area contributed by atoms with Crippen molar-refractivity contribution in [2.75, 3.05) is 13.7 Å². The van der Waals surface area contributed by atoms with Crippen LogP contribution >= 0.6 is 12.3 Å². The van der Waals surface area contributed by atoms with E-state index in [1.54, 1.807) is 25.1 Å². The van der Waals surface area contributed by atoms with Crippen molar-refractivity contribution in [3.8, 4) is 11.1 Å². The number of hydrogen-bond donors (Lipinski definition) is 0. The van der Waals surface area contributed by atoms with Crippen LogP contribution in [0.25, 0.3) is 11.1 Å². The molecule has 6 nitrogen and oxygen atoms in total. The molecule has 0 amide bonds. The molecule has 0 atom stereocenters. The fraction of sp³-hybridized carbons (Fsp3) is 0.455. The van der Waals surface area contributed by atoms with Gasteiger partial charge in [-0.1, -0.05) is 45.9 Å². The van der Waals surface area contributed by atoms with Crippen molar-refractivity contribution < 1.29 is 27.3 Å². The molecule has 1 heterocycles. The zero-order chi connectivity index (χ0) is 22.3. The van der Waals surface area contributed by atoms with E-state index in [1.165, 1.54) is 13.2 Å². The van der Waals surface area contributed by atoms with Gasteiger partial charge in [0.25, 0.3) is 0 Å². The number of esters is 1. The van der Waals surface area contributed by atoms with Gasteiger partial charge in [-0.15, -0.1) is 4.33 Å². The summed E-state index contributed by atoms with van der Waals surface area (Å²) >= 11 is 0.652. The lowest BCUT2D eigenvalue weighted by Crippen LogP contribution is -2.18. The van der Waals surface area contributed by atoms with Gasteiger partial charge in [0.1, 0.15) is 5.82 Å². The Morgan fingerprint density at radius 1 is 1.13 bits per heavy atom. The zero-order valence-corrected chi connectivity index (χ0v) is 19.0. The third kappa shape index (κ3) is 5.57. The van der Waals surface area contributed by atoms with Gasteiger partial charge in [-0.25, -0.2) is 14.1 Å². The molecule has 1 aromatic heterocycles. The average Bonchev–Trinajstić information content (AvgIpc) is 2.70. The largest absolute Gasteiger partial charge is 0.462 e. The molecule has 0 aliphatic rings. The minimum Gasteiger partial charge on any atom is -0.462 e. The predicted molar refractivity (Wildman–Crippen MR) is 114 cm³/mol. The number of pyridine rings is 1. The van der Waals surface area contributed by atoms with Crippen LogP contribution in [0.2, 0.25) is 0 Å². The van der Waals surface area contributed by atoms with E-state index >= 15 is 0 Å². The molecule has 0 N–H and O–H groups in total. The van der Waals surface area contributed by atoms with Crippen LogP contribution in [0.15, 0.2) is 24.3 Å². The normalized spacial score (nSPS) is 11.4. The zero-order valence-electron chi connectivity index (χ0n) is 18.2. The van der Waals surface area contributed by atoms with Gasteiger partial charge in [0.05, 0.1) is 31.6 Å². The summed E-state index contributed by atoms with van der Waals surface area (Å²) in [6.45, 7) is 9.82. The van der Waals surface area contributed by atoms with Crippen molar-refractivity contribution in [1.29, 1.82) is 0 Å². The van der Waals surface area contributed by atoms with Crippen LogP contribution < -0.4 is 0 Å². The van der Waals surface area contributed by atoms with Gasteiger partial charge in [-0.3, -0.25) is 9.17 Å². The van der Waals surface area contributed by atoms with Crippen LogP contribution in [-0.4, -0.2) is 24.7 Å².